The van der Waals surface area contributed by atoms with Crippen molar-refractivity contribution in [3.63, 3.8) is 0 Å². The van der Waals surface area contributed by atoms with Crippen LogP contribution in [0.4, 0.5) is 0 Å². The molecule has 23 heavy (non-hydrogen) atoms. The molecular weight excluding hydrogens is 376 g/mol. The molecule has 0 fully saturated rings. The van der Waals surface area contributed by atoms with Gasteiger partial charge in [-0.3, -0.25) is 4.79 Å². The zero-order chi connectivity index (χ0) is 16.2. The molecule has 0 saturated heterocycles. The summed E-state index contributed by atoms with van der Waals surface area (Å²) in [5.41, 5.74) is 2.64. The zero-order valence-corrected chi connectivity index (χ0v) is 14.7. The SMILES string of the molecule is Cc1ccccc1-n1nnnc1SCC(=O)c1ccccc1Br. The van der Waals surface area contributed by atoms with Crippen LogP contribution in [0.2, 0.25) is 0 Å². The molecule has 0 amide bonds. The number of aryl methyl sites for hydroxylation is 1. The third-order valence-corrected chi connectivity index (χ3v) is 4.90. The summed E-state index contributed by atoms with van der Waals surface area (Å²) in [6.45, 7) is 2.00. The number of tetrazole rings is 1. The van der Waals surface area contributed by atoms with E-state index >= 15 is 0 Å². The average molecular weight is 389 g/mol. The topological polar surface area (TPSA) is 60.7 Å². The quantitative estimate of drug-likeness (QED) is 0.492. The Labute approximate surface area is 146 Å². The standard InChI is InChI=1S/C16H13BrN4OS/c1-11-6-2-5-9-14(11)21-16(18-19-20-21)23-10-15(22)12-7-3-4-8-13(12)17/h2-9H,10H2,1H3. The Morgan fingerprint density at radius 1 is 1.17 bits per heavy atom. The largest absolute Gasteiger partial charge is 0.293 e. The highest BCUT2D eigenvalue weighted by Crippen LogP contribution is 2.23. The molecule has 0 aliphatic rings. The molecule has 0 saturated carbocycles. The summed E-state index contributed by atoms with van der Waals surface area (Å²) in [5.74, 6) is 0.302. The van der Waals surface area contributed by atoms with Crippen molar-refractivity contribution in [3.8, 4) is 5.69 Å². The van der Waals surface area contributed by atoms with Crippen molar-refractivity contribution in [2.45, 2.75) is 12.1 Å². The molecule has 1 heterocycles. The molecule has 7 heteroatoms. The molecule has 1 aromatic heterocycles. The van der Waals surface area contributed by atoms with Crippen molar-refractivity contribution < 1.29 is 4.79 Å². The molecule has 2 aromatic carbocycles. The lowest BCUT2D eigenvalue weighted by Gasteiger charge is -2.07. The summed E-state index contributed by atoms with van der Waals surface area (Å²) < 4.78 is 2.46. The van der Waals surface area contributed by atoms with E-state index in [0.717, 1.165) is 15.7 Å². The average Bonchev–Trinajstić information content (AvgIpc) is 3.02. The van der Waals surface area contributed by atoms with Gasteiger partial charge in [-0.25, -0.2) is 0 Å². The zero-order valence-electron chi connectivity index (χ0n) is 12.3. The Balaban J connectivity index is 1.78. The van der Waals surface area contributed by atoms with Gasteiger partial charge in [0.15, 0.2) is 5.78 Å². The molecule has 0 radical (unpaired) electrons. The summed E-state index contributed by atoms with van der Waals surface area (Å²) in [4.78, 5) is 12.3. The summed E-state index contributed by atoms with van der Waals surface area (Å²) in [7, 11) is 0. The van der Waals surface area contributed by atoms with Crippen LogP contribution >= 0.6 is 27.7 Å². The van der Waals surface area contributed by atoms with Gasteiger partial charge in [-0.2, -0.15) is 4.68 Å². The number of hydrogen-bond acceptors (Lipinski definition) is 5. The molecule has 0 aliphatic carbocycles. The van der Waals surface area contributed by atoms with Gasteiger partial charge in [0.05, 0.1) is 11.4 Å². The van der Waals surface area contributed by atoms with E-state index in [9.17, 15) is 4.79 Å². The smallest absolute Gasteiger partial charge is 0.214 e. The number of carbonyl (C=O) groups excluding carboxylic acids is 1. The van der Waals surface area contributed by atoms with E-state index in [4.69, 9.17) is 0 Å². The first kappa shape index (κ1) is 15.9. The van der Waals surface area contributed by atoms with Crippen molar-refractivity contribution in [2.24, 2.45) is 0 Å². The normalized spacial score (nSPS) is 10.7. The number of rotatable bonds is 5. The molecule has 116 valence electrons. The number of carbonyl (C=O) groups is 1. The van der Waals surface area contributed by atoms with Gasteiger partial charge in [-0.05, 0) is 35.0 Å². The maximum absolute atomic E-state index is 12.3. The molecule has 0 bridgehead atoms. The molecular formula is C16H13BrN4OS. The lowest BCUT2D eigenvalue weighted by molar-refractivity contribution is 0.102. The molecule has 0 atom stereocenters. The lowest BCUT2D eigenvalue weighted by Crippen LogP contribution is -2.06. The van der Waals surface area contributed by atoms with E-state index in [1.165, 1.54) is 11.8 Å². The highest BCUT2D eigenvalue weighted by molar-refractivity contribution is 9.10. The number of ketones is 1. The second kappa shape index (κ2) is 7.06. The highest BCUT2D eigenvalue weighted by atomic mass is 79.9. The van der Waals surface area contributed by atoms with Crippen LogP contribution in [0.3, 0.4) is 0 Å². The number of Topliss-reactive ketones (excluding diaryl/α,β-unsaturated/α-hetero) is 1. The lowest BCUT2D eigenvalue weighted by atomic mass is 10.1. The highest BCUT2D eigenvalue weighted by Gasteiger charge is 2.15. The van der Waals surface area contributed by atoms with Crippen molar-refractivity contribution in [2.75, 3.05) is 5.75 Å². The third-order valence-electron chi connectivity index (χ3n) is 3.29. The van der Waals surface area contributed by atoms with Crippen LogP contribution in [-0.4, -0.2) is 31.7 Å². The maximum atomic E-state index is 12.3. The Morgan fingerprint density at radius 3 is 2.70 bits per heavy atom. The Morgan fingerprint density at radius 2 is 1.91 bits per heavy atom. The van der Waals surface area contributed by atoms with Gasteiger partial charge < -0.3 is 0 Å². The fourth-order valence-corrected chi connectivity index (χ4v) is 3.39. The maximum Gasteiger partial charge on any atom is 0.214 e. The minimum atomic E-state index is 0.0295. The van der Waals surface area contributed by atoms with Crippen LogP contribution in [-0.2, 0) is 0 Å². The fraction of sp³-hybridized carbons (Fsp3) is 0.125. The summed E-state index contributed by atoms with van der Waals surface area (Å²) in [5, 5.41) is 12.4. The van der Waals surface area contributed by atoms with E-state index < -0.39 is 0 Å². The van der Waals surface area contributed by atoms with E-state index in [-0.39, 0.29) is 11.5 Å². The van der Waals surface area contributed by atoms with E-state index in [2.05, 4.69) is 31.5 Å². The first-order chi connectivity index (χ1) is 11.2. The van der Waals surface area contributed by atoms with Gasteiger partial charge in [0.1, 0.15) is 0 Å². The molecule has 0 unspecified atom stereocenters. The molecule has 3 aromatic rings. The van der Waals surface area contributed by atoms with Crippen LogP contribution in [0.15, 0.2) is 58.2 Å². The van der Waals surface area contributed by atoms with Gasteiger partial charge >= 0.3 is 0 Å². The minimum Gasteiger partial charge on any atom is -0.293 e. The van der Waals surface area contributed by atoms with Crippen LogP contribution < -0.4 is 0 Å². The van der Waals surface area contributed by atoms with Crippen molar-refractivity contribution >= 4 is 33.5 Å². The summed E-state index contributed by atoms with van der Waals surface area (Å²) >= 11 is 4.73. The van der Waals surface area contributed by atoms with Crippen molar-refractivity contribution in [1.82, 2.24) is 20.2 Å². The Kier molecular flexibility index (Phi) is 4.88. The number of benzene rings is 2. The van der Waals surface area contributed by atoms with E-state index in [1.54, 1.807) is 10.7 Å². The first-order valence-corrected chi connectivity index (χ1v) is 8.69. The van der Waals surface area contributed by atoms with Crippen LogP contribution in [0, 0.1) is 6.92 Å². The molecule has 3 rings (SSSR count). The van der Waals surface area contributed by atoms with Crippen molar-refractivity contribution in [3.05, 3.63) is 64.1 Å². The van der Waals surface area contributed by atoms with E-state index in [1.807, 2.05) is 49.4 Å². The first-order valence-electron chi connectivity index (χ1n) is 6.91. The molecule has 0 aliphatic heterocycles. The monoisotopic (exact) mass is 388 g/mol. The number of para-hydroxylation sites is 1. The third kappa shape index (κ3) is 3.51. The minimum absolute atomic E-state index is 0.0295. The van der Waals surface area contributed by atoms with Crippen LogP contribution in [0.1, 0.15) is 15.9 Å². The number of aromatic nitrogens is 4. The number of thioether (sulfide) groups is 1. The predicted molar refractivity (Wildman–Crippen MR) is 93.1 cm³/mol. The van der Waals surface area contributed by atoms with Crippen LogP contribution in [0.5, 0.6) is 0 Å². The molecule has 5 nitrogen and oxygen atoms in total. The number of hydrogen-bond donors (Lipinski definition) is 0. The van der Waals surface area contributed by atoms with Gasteiger partial charge in [0.2, 0.25) is 5.16 Å². The second-order valence-electron chi connectivity index (χ2n) is 4.85. The van der Waals surface area contributed by atoms with Gasteiger partial charge in [0, 0.05) is 10.0 Å². The second-order valence-corrected chi connectivity index (χ2v) is 6.65. The fourth-order valence-electron chi connectivity index (χ4n) is 2.12. The van der Waals surface area contributed by atoms with Gasteiger partial charge in [0.25, 0.3) is 0 Å². The molecule has 0 N–H and O–H groups in total. The van der Waals surface area contributed by atoms with E-state index in [0.29, 0.717) is 10.7 Å². The summed E-state index contributed by atoms with van der Waals surface area (Å²) in [6, 6.07) is 15.2. The number of halogens is 1. The van der Waals surface area contributed by atoms with Gasteiger partial charge in [-0.15, -0.1) is 5.10 Å². The van der Waals surface area contributed by atoms with Crippen LogP contribution in [0.25, 0.3) is 5.69 Å². The van der Waals surface area contributed by atoms with Crippen molar-refractivity contribution in [1.29, 1.82) is 0 Å². The predicted octanol–water partition coefficient (Wildman–Crippen LogP) is 3.71. The van der Waals surface area contributed by atoms with Gasteiger partial charge in [-0.1, -0.05) is 64.1 Å². The Bertz CT molecular complexity index is 849. The Hall–Kier alpha value is -1.99. The number of nitrogens with zero attached hydrogens (tertiary/aromatic N) is 4. The summed E-state index contributed by atoms with van der Waals surface area (Å²) in [6.07, 6.45) is 0. The molecule has 0 spiro atoms.